The van der Waals surface area contributed by atoms with Gasteiger partial charge in [-0.25, -0.2) is 4.98 Å². The van der Waals surface area contributed by atoms with Crippen molar-refractivity contribution in [1.29, 1.82) is 0 Å². The highest BCUT2D eigenvalue weighted by Gasteiger charge is 2.57. The first-order valence-corrected chi connectivity index (χ1v) is 10.0. The fourth-order valence-corrected chi connectivity index (χ4v) is 3.88. The summed E-state index contributed by atoms with van der Waals surface area (Å²) in [4.78, 5) is 23.4. The number of rotatable bonds is 6. The number of imidazole rings is 1. The predicted octanol–water partition coefficient (Wildman–Crippen LogP) is 2.38. The third kappa shape index (κ3) is 3.77. The average Bonchev–Trinajstić information content (AvgIpc) is 3.32. The largest absolute Gasteiger partial charge is 0.455 e. The maximum Gasteiger partial charge on any atom is 0.312 e. The van der Waals surface area contributed by atoms with E-state index in [1.807, 2.05) is 37.3 Å². The van der Waals surface area contributed by atoms with Gasteiger partial charge in [-0.15, -0.1) is 6.42 Å². The van der Waals surface area contributed by atoms with E-state index in [4.69, 9.17) is 26.4 Å². The van der Waals surface area contributed by atoms with Gasteiger partial charge in [0.25, 0.3) is 0 Å². The zero-order chi connectivity index (χ0) is 22.9. The second kappa shape index (κ2) is 8.53. The Labute approximate surface area is 183 Å². The molecule has 1 aliphatic heterocycles. The average molecular weight is 439 g/mol. The lowest BCUT2D eigenvalue weighted by Crippen LogP contribution is -2.45. The van der Waals surface area contributed by atoms with E-state index in [0.717, 1.165) is 5.56 Å². The summed E-state index contributed by atoms with van der Waals surface area (Å²) in [5.74, 6) is 2.00. The molecule has 0 spiro atoms. The highest BCUT2D eigenvalue weighted by atomic mass is 19.1. The molecule has 9 nitrogen and oxygen atoms in total. The van der Waals surface area contributed by atoms with Crippen LogP contribution in [0.15, 0.2) is 36.7 Å². The summed E-state index contributed by atoms with van der Waals surface area (Å²) in [6.45, 7) is 3.34. The van der Waals surface area contributed by atoms with Gasteiger partial charge in [0.2, 0.25) is 0 Å². The molecule has 32 heavy (non-hydrogen) atoms. The summed E-state index contributed by atoms with van der Waals surface area (Å²) in [7, 11) is 0. The van der Waals surface area contributed by atoms with E-state index >= 15 is 0 Å². The van der Waals surface area contributed by atoms with E-state index in [-0.39, 0.29) is 23.6 Å². The molecule has 2 N–H and O–H groups in total. The SMILES string of the molecule is C#C[C@]1(CC)O[C@@H](n2cnc3c(N)nc(F)nc32)C(OC(C)=O)[C@H]1OCc1ccccc1. The Hall–Kier alpha value is -3.55. The van der Waals surface area contributed by atoms with Gasteiger partial charge >= 0.3 is 12.0 Å². The second-order valence-corrected chi connectivity index (χ2v) is 7.39. The quantitative estimate of drug-likeness (QED) is 0.354. The van der Waals surface area contributed by atoms with Crippen molar-refractivity contribution in [3.8, 4) is 12.3 Å². The monoisotopic (exact) mass is 439 g/mol. The maximum atomic E-state index is 13.9. The molecule has 4 atom stereocenters. The molecule has 1 saturated heterocycles. The number of nitrogens with two attached hydrogens (primary N) is 1. The van der Waals surface area contributed by atoms with Gasteiger partial charge in [-0.1, -0.05) is 43.2 Å². The molecule has 1 fully saturated rings. The van der Waals surface area contributed by atoms with Crippen molar-refractivity contribution < 1.29 is 23.4 Å². The van der Waals surface area contributed by atoms with Crippen LogP contribution >= 0.6 is 0 Å². The topological polar surface area (TPSA) is 114 Å². The zero-order valence-electron chi connectivity index (χ0n) is 17.6. The van der Waals surface area contributed by atoms with Gasteiger partial charge in [-0.05, 0) is 12.0 Å². The summed E-state index contributed by atoms with van der Waals surface area (Å²) >= 11 is 0. The molecule has 1 unspecified atom stereocenters. The first-order chi connectivity index (χ1) is 15.4. The van der Waals surface area contributed by atoms with Crippen molar-refractivity contribution >= 4 is 23.0 Å². The number of halogens is 1. The number of ether oxygens (including phenoxy) is 3. The highest BCUT2D eigenvalue weighted by molar-refractivity contribution is 5.81. The number of hydrogen-bond donors (Lipinski definition) is 1. The van der Waals surface area contributed by atoms with Crippen LogP contribution in [-0.2, 0) is 25.6 Å². The van der Waals surface area contributed by atoms with Gasteiger partial charge in [0, 0.05) is 6.92 Å². The fourth-order valence-electron chi connectivity index (χ4n) is 3.88. The Balaban J connectivity index is 1.77. The summed E-state index contributed by atoms with van der Waals surface area (Å²) in [5, 5.41) is 0. The van der Waals surface area contributed by atoms with Gasteiger partial charge in [0.1, 0.15) is 6.10 Å². The first kappa shape index (κ1) is 21.7. The van der Waals surface area contributed by atoms with Gasteiger partial charge in [-0.2, -0.15) is 14.4 Å². The molecule has 0 radical (unpaired) electrons. The van der Waals surface area contributed by atoms with E-state index in [0.29, 0.717) is 6.42 Å². The van der Waals surface area contributed by atoms with E-state index in [1.54, 1.807) is 0 Å². The number of benzene rings is 1. The number of nitrogen functional groups attached to an aromatic ring is 1. The van der Waals surface area contributed by atoms with Gasteiger partial charge in [0.15, 0.2) is 34.9 Å². The van der Waals surface area contributed by atoms with E-state index in [9.17, 15) is 9.18 Å². The molecule has 3 aromatic rings. The number of anilines is 1. The van der Waals surface area contributed by atoms with E-state index in [2.05, 4.69) is 20.9 Å². The number of fused-ring (bicyclic) bond motifs is 1. The molecule has 1 aromatic carbocycles. The molecule has 3 heterocycles. The number of hydrogen-bond acceptors (Lipinski definition) is 8. The lowest BCUT2D eigenvalue weighted by Gasteiger charge is -2.29. The molecule has 0 aliphatic carbocycles. The second-order valence-electron chi connectivity index (χ2n) is 7.39. The first-order valence-electron chi connectivity index (χ1n) is 10.0. The molecular weight excluding hydrogens is 417 g/mol. The van der Waals surface area contributed by atoms with E-state index in [1.165, 1.54) is 17.8 Å². The van der Waals surface area contributed by atoms with E-state index < -0.39 is 36.1 Å². The molecule has 0 saturated carbocycles. The molecule has 0 bridgehead atoms. The summed E-state index contributed by atoms with van der Waals surface area (Å²) < 4.78 is 33.4. The lowest BCUT2D eigenvalue weighted by atomic mass is 9.93. The van der Waals surface area contributed by atoms with Crippen molar-refractivity contribution in [2.24, 2.45) is 0 Å². The van der Waals surface area contributed by atoms with Crippen LogP contribution < -0.4 is 5.73 Å². The van der Waals surface area contributed by atoms with Crippen LogP contribution in [0.1, 0.15) is 32.1 Å². The number of aromatic nitrogens is 4. The van der Waals surface area contributed by atoms with Crippen LogP contribution in [0.2, 0.25) is 0 Å². The van der Waals surface area contributed by atoms with Crippen LogP contribution in [0.5, 0.6) is 0 Å². The standard InChI is InChI=1S/C22H22FN5O4/c1-4-22(5-2)17(30-11-14-9-7-6-8-10-14)16(31-13(3)29)20(32-22)28-12-25-15-18(24)26-21(23)27-19(15)28/h1,6-10,12,16-17,20H,5,11H2,2-3H3,(H2,24,26,27)/t16?,17-,20-,22-/m1/s1. The minimum atomic E-state index is -1.22. The maximum absolute atomic E-state index is 13.9. The zero-order valence-corrected chi connectivity index (χ0v) is 17.6. The lowest BCUT2D eigenvalue weighted by molar-refractivity contribution is -0.158. The Bertz CT molecular complexity index is 1180. The van der Waals surface area contributed by atoms with Gasteiger partial charge in [-0.3, -0.25) is 9.36 Å². The normalized spacial score (nSPS) is 25.0. The fraction of sp³-hybridized carbons (Fsp3) is 0.364. The highest BCUT2D eigenvalue weighted by Crippen LogP contribution is 2.43. The number of esters is 1. The Morgan fingerprint density at radius 2 is 2.12 bits per heavy atom. The summed E-state index contributed by atoms with van der Waals surface area (Å²) in [5.41, 5.74) is 5.75. The summed E-state index contributed by atoms with van der Waals surface area (Å²) in [6, 6.07) is 9.49. The number of nitrogens with zero attached hydrogens (tertiary/aromatic N) is 4. The van der Waals surface area contributed by atoms with Crippen LogP contribution in [0.25, 0.3) is 11.2 Å². The third-order valence-electron chi connectivity index (χ3n) is 5.41. The number of carbonyl (C=O) groups is 1. The molecule has 4 rings (SSSR count). The van der Waals surface area contributed by atoms with Crippen molar-refractivity contribution in [3.05, 3.63) is 48.3 Å². The molecule has 1 aliphatic rings. The Morgan fingerprint density at radius 1 is 1.38 bits per heavy atom. The molecule has 0 amide bonds. The van der Waals surface area contributed by atoms with Crippen molar-refractivity contribution in [2.75, 3.05) is 5.73 Å². The molecule has 10 heteroatoms. The minimum absolute atomic E-state index is 0.0860. The van der Waals surface area contributed by atoms with Gasteiger partial charge < -0.3 is 19.9 Å². The van der Waals surface area contributed by atoms with Crippen LogP contribution in [0.3, 0.4) is 0 Å². The number of carbonyl (C=O) groups excluding carboxylic acids is 1. The van der Waals surface area contributed by atoms with Crippen molar-refractivity contribution in [2.45, 2.75) is 50.9 Å². The predicted molar refractivity (Wildman–Crippen MR) is 112 cm³/mol. The minimum Gasteiger partial charge on any atom is -0.455 e. The van der Waals surface area contributed by atoms with Crippen molar-refractivity contribution in [1.82, 2.24) is 19.5 Å². The smallest absolute Gasteiger partial charge is 0.312 e. The Morgan fingerprint density at radius 3 is 2.78 bits per heavy atom. The number of terminal acetylenes is 1. The van der Waals surface area contributed by atoms with Crippen LogP contribution in [-0.4, -0.2) is 43.3 Å². The van der Waals surface area contributed by atoms with Crippen molar-refractivity contribution in [3.63, 3.8) is 0 Å². The van der Waals surface area contributed by atoms with Crippen LogP contribution in [0.4, 0.5) is 10.2 Å². The van der Waals surface area contributed by atoms with Gasteiger partial charge in [0.05, 0.1) is 12.9 Å². The molecule has 166 valence electrons. The Kier molecular flexibility index (Phi) is 5.78. The van der Waals surface area contributed by atoms with Crippen LogP contribution in [0, 0.1) is 18.4 Å². The molecule has 2 aromatic heterocycles. The summed E-state index contributed by atoms with van der Waals surface area (Å²) in [6.07, 6.45) is 3.86. The molecular formula is C22H22FN5O4. The third-order valence-corrected chi connectivity index (χ3v) is 5.41.